The number of hydrogen-bond donors (Lipinski definition) is 2. The lowest BCUT2D eigenvalue weighted by atomic mass is 9.98. The zero-order chi connectivity index (χ0) is 26.5. The number of nitrogens with one attached hydrogen (secondary N) is 2. The molecule has 1 unspecified atom stereocenters. The highest BCUT2D eigenvalue weighted by molar-refractivity contribution is 5.77. The van der Waals surface area contributed by atoms with Crippen LogP contribution in [0.4, 0.5) is 10.6 Å². The van der Waals surface area contributed by atoms with Crippen LogP contribution in [0.3, 0.4) is 0 Å². The molecule has 2 aromatic heterocycles. The molecule has 3 heterocycles. The van der Waals surface area contributed by atoms with Gasteiger partial charge in [-0.1, -0.05) is 30.3 Å². The van der Waals surface area contributed by atoms with E-state index >= 15 is 0 Å². The Bertz CT molecular complexity index is 1360. The van der Waals surface area contributed by atoms with Gasteiger partial charge in [-0.25, -0.2) is 14.8 Å². The van der Waals surface area contributed by atoms with Gasteiger partial charge in [-0.15, -0.1) is 0 Å². The molecule has 1 aliphatic rings. The first-order chi connectivity index (χ1) is 18.3. The molecule has 0 bridgehead atoms. The number of carbonyl (C=O) groups is 1. The number of aromatic nitrogens is 3. The number of nitrogens with zero attached hydrogens (tertiary/aromatic N) is 3. The number of benzene rings is 2. The molecule has 4 aromatic rings. The molecule has 5 rings (SSSR count). The lowest BCUT2D eigenvalue weighted by Gasteiger charge is -2.33. The topological polar surface area (TPSA) is 92.4 Å². The Labute approximate surface area is 223 Å². The molecule has 0 spiro atoms. The minimum Gasteiger partial charge on any atom is -0.489 e. The normalized spacial score (nSPS) is 15.9. The fraction of sp³-hybridized carbons (Fsp3) is 0.367. The number of amides is 1. The number of carbonyl (C=O) groups excluding carboxylic acids is 1. The van der Waals surface area contributed by atoms with Crippen LogP contribution < -0.4 is 15.0 Å². The first kappa shape index (κ1) is 25.6. The number of piperidine rings is 1. The Morgan fingerprint density at radius 3 is 2.61 bits per heavy atom. The number of pyridine rings is 1. The summed E-state index contributed by atoms with van der Waals surface area (Å²) in [4.78, 5) is 27.3. The molecule has 1 fully saturated rings. The minimum atomic E-state index is -0.497. The minimum absolute atomic E-state index is 0.341. The van der Waals surface area contributed by atoms with Gasteiger partial charge in [0.2, 0.25) is 0 Å². The molecule has 8 heteroatoms. The second-order valence-corrected chi connectivity index (χ2v) is 10.8. The van der Waals surface area contributed by atoms with Gasteiger partial charge in [0.1, 0.15) is 35.1 Å². The molecule has 1 amide bonds. The monoisotopic (exact) mass is 513 g/mol. The maximum absolute atomic E-state index is 12.1. The Hall–Kier alpha value is -4.07. The van der Waals surface area contributed by atoms with E-state index < -0.39 is 5.60 Å². The lowest BCUT2D eigenvalue weighted by Crippen LogP contribution is -2.42. The van der Waals surface area contributed by atoms with Crippen molar-refractivity contribution in [2.24, 2.45) is 5.92 Å². The molecular weight excluding hydrogens is 478 g/mol. The Morgan fingerprint density at radius 2 is 1.84 bits per heavy atom. The summed E-state index contributed by atoms with van der Waals surface area (Å²) in [5, 5.41) is 2.92. The summed E-state index contributed by atoms with van der Waals surface area (Å²) in [7, 11) is 0. The number of fused-ring (bicyclic) bond motifs is 1. The average Bonchev–Trinajstić information content (AvgIpc) is 3.34. The third-order valence-corrected chi connectivity index (χ3v) is 6.48. The molecule has 1 atom stereocenters. The second kappa shape index (κ2) is 11.1. The van der Waals surface area contributed by atoms with Gasteiger partial charge in [-0.2, -0.15) is 0 Å². The van der Waals surface area contributed by atoms with E-state index in [-0.39, 0.29) is 6.09 Å². The molecular formula is C30H35N5O3. The van der Waals surface area contributed by atoms with E-state index in [1.165, 1.54) is 0 Å². The smallest absolute Gasteiger partial charge is 0.407 e. The Balaban J connectivity index is 1.21. The highest BCUT2D eigenvalue weighted by Crippen LogP contribution is 2.26. The number of anilines is 1. The Morgan fingerprint density at radius 1 is 1.05 bits per heavy atom. The summed E-state index contributed by atoms with van der Waals surface area (Å²) in [6.45, 7) is 8.50. The molecule has 0 aliphatic carbocycles. The summed E-state index contributed by atoms with van der Waals surface area (Å²) < 4.78 is 11.3. The van der Waals surface area contributed by atoms with Crippen molar-refractivity contribution in [3.8, 4) is 17.1 Å². The van der Waals surface area contributed by atoms with Gasteiger partial charge >= 0.3 is 6.09 Å². The quantitative estimate of drug-likeness (QED) is 0.318. The van der Waals surface area contributed by atoms with E-state index in [0.29, 0.717) is 19.1 Å². The maximum atomic E-state index is 12.1. The van der Waals surface area contributed by atoms with Crippen LogP contribution in [-0.2, 0) is 11.3 Å². The van der Waals surface area contributed by atoms with Gasteiger partial charge in [-0.05, 0) is 81.5 Å². The molecule has 2 N–H and O–H groups in total. The Kier molecular flexibility index (Phi) is 7.49. The van der Waals surface area contributed by atoms with E-state index in [4.69, 9.17) is 19.4 Å². The number of rotatable bonds is 7. The van der Waals surface area contributed by atoms with Gasteiger partial charge in [-0.3, -0.25) is 0 Å². The molecule has 1 aliphatic heterocycles. The largest absolute Gasteiger partial charge is 0.489 e. The zero-order valence-corrected chi connectivity index (χ0v) is 22.2. The second-order valence-electron chi connectivity index (χ2n) is 10.8. The van der Waals surface area contributed by atoms with E-state index in [1.54, 1.807) is 0 Å². The maximum Gasteiger partial charge on any atom is 0.407 e. The number of imidazole rings is 1. The molecule has 1 saturated heterocycles. The number of hydrogen-bond acceptors (Lipinski definition) is 6. The first-order valence-electron chi connectivity index (χ1n) is 13.2. The fourth-order valence-electron chi connectivity index (χ4n) is 4.63. The third kappa shape index (κ3) is 6.62. The van der Waals surface area contributed by atoms with Crippen LogP contribution in [0, 0.1) is 5.92 Å². The summed E-state index contributed by atoms with van der Waals surface area (Å²) in [5.74, 6) is 2.85. The molecule has 8 nitrogen and oxygen atoms in total. The van der Waals surface area contributed by atoms with Gasteiger partial charge < -0.3 is 24.7 Å². The molecule has 0 saturated carbocycles. The highest BCUT2D eigenvalue weighted by atomic mass is 16.6. The number of H-pyrrole nitrogens is 1. The van der Waals surface area contributed by atoms with Gasteiger partial charge in [0.05, 0.1) is 0 Å². The van der Waals surface area contributed by atoms with Crippen molar-refractivity contribution in [3.63, 3.8) is 0 Å². The van der Waals surface area contributed by atoms with E-state index in [0.717, 1.165) is 65.6 Å². The van der Waals surface area contributed by atoms with E-state index in [2.05, 4.69) is 27.3 Å². The van der Waals surface area contributed by atoms with Crippen LogP contribution in [0.5, 0.6) is 5.75 Å². The van der Waals surface area contributed by atoms with Crippen molar-refractivity contribution in [3.05, 3.63) is 72.3 Å². The number of ether oxygens (including phenoxy) is 2. The van der Waals surface area contributed by atoms with Crippen molar-refractivity contribution < 1.29 is 14.3 Å². The molecule has 38 heavy (non-hydrogen) atoms. The fourth-order valence-corrected chi connectivity index (χ4v) is 4.63. The van der Waals surface area contributed by atoms with Crippen molar-refractivity contribution >= 4 is 23.1 Å². The van der Waals surface area contributed by atoms with Crippen molar-refractivity contribution in [2.45, 2.75) is 45.8 Å². The standard InChI is InChI=1S/C30H35N5O3/c1-30(2,3)38-29(36)31-18-22-10-7-17-35(19-22)26-16-15-25-28(33-26)34-27(32-25)23-11-13-24(14-12-23)37-20-21-8-5-4-6-9-21/h4-6,8-9,11-16,22H,7,10,17-20H2,1-3H3,(H,31,36)(H,32,33,34). The van der Waals surface area contributed by atoms with Crippen LogP contribution >= 0.6 is 0 Å². The van der Waals surface area contributed by atoms with Crippen LogP contribution in [-0.4, -0.2) is 46.3 Å². The van der Waals surface area contributed by atoms with Crippen LogP contribution in [0.25, 0.3) is 22.6 Å². The van der Waals surface area contributed by atoms with Gasteiger partial charge in [0, 0.05) is 25.2 Å². The van der Waals surface area contributed by atoms with E-state index in [9.17, 15) is 4.79 Å². The average molecular weight is 514 g/mol. The van der Waals surface area contributed by atoms with Crippen molar-refractivity contribution in [1.29, 1.82) is 0 Å². The SMILES string of the molecule is CC(C)(C)OC(=O)NCC1CCCN(c2ccc3nc(-c4ccc(OCc5ccccc5)cc4)[nH]c3n2)C1. The van der Waals surface area contributed by atoms with Gasteiger partial charge in [0.15, 0.2) is 5.65 Å². The predicted molar refractivity (Wildman–Crippen MR) is 149 cm³/mol. The van der Waals surface area contributed by atoms with Crippen molar-refractivity contribution in [2.75, 3.05) is 24.5 Å². The highest BCUT2D eigenvalue weighted by Gasteiger charge is 2.23. The molecule has 2 aromatic carbocycles. The van der Waals surface area contributed by atoms with Crippen molar-refractivity contribution in [1.82, 2.24) is 20.3 Å². The number of alkyl carbamates (subject to hydrolysis) is 1. The molecule has 198 valence electrons. The summed E-state index contributed by atoms with van der Waals surface area (Å²) in [6.07, 6.45) is 1.75. The zero-order valence-electron chi connectivity index (χ0n) is 22.2. The summed E-state index contributed by atoms with van der Waals surface area (Å²) in [5.41, 5.74) is 3.20. The van der Waals surface area contributed by atoms with Crippen LogP contribution in [0.2, 0.25) is 0 Å². The lowest BCUT2D eigenvalue weighted by molar-refractivity contribution is 0.0517. The summed E-state index contributed by atoms with van der Waals surface area (Å²) in [6, 6.07) is 22.1. The van der Waals surface area contributed by atoms with Crippen LogP contribution in [0.15, 0.2) is 66.7 Å². The van der Waals surface area contributed by atoms with Gasteiger partial charge in [0.25, 0.3) is 0 Å². The van der Waals surface area contributed by atoms with Crippen LogP contribution in [0.1, 0.15) is 39.2 Å². The van der Waals surface area contributed by atoms with E-state index in [1.807, 2.05) is 75.4 Å². The first-order valence-corrected chi connectivity index (χ1v) is 13.2. The number of aromatic amines is 1. The summed E-state index contributed by atoms with van der Waals surface area (Å²) >= 11 is 0. The molecule has 0 radical (unpaired) electrons. The predicted octanol–water partition coefficient (Wildman–Crippen LogP) is 5.95. The third-order valence-electron chi connectivity index (χ3n) is 6.48.